The van der Waals surface area contributed by atoms with Crippen molar-refractivity contribution in [3.8, 4) is 11.8 Å². The molecular weight excluding hydrogens is 268 g/mol. The molecule has 1 aromatic carbocycles. The van der Waals surface area contributed by atoms with Gasteiger partial charge in [-0.3, -0.25) is 4.79 Å². The van der Waals surface area contributed by atoms with E-state index in [1.807, 2.05) is 19.1 Å². The molecule has 0 radical (unpaired) electrons. The van der Waals surface area contributed by atoms with Crippen molar-refractivity contribution >= 4 is 5.91 Å². The summed E-state index contributed by atoms with van der Waals surface area (Å²) in [6, 6.07) is 5.50. The Morgan fingerprint density at radius 1 is 1.48 bits per heavy atom. The van der Waals surface area contributed by atoms with Crippen LogP contribution in [0.5, 0.6) is 0 Å². The van der Waals surface area contributed by atoms with E-state index in [0.29, 0.717) is 31.0 Å². The van der Waals surface area contributed by atoms with Crippen LogP contribution in [0, 0.1) is 18.8 Å². The Kier molecular flexibility index (Phi) is 5.07. The number of carbonyl (C=O) groups excluding carboxylic acids is 1. The van der Waals surface area contributed by atoms with Gasteiger partial charge in [0.2, 0.25) is 5.89 Å². The van der Waals surface area contributed by atoms with Crippen LogP contribution in [0.3, 0.4) is 0 Å². The van der Waals surface area contributed by atoms with Gasteiger partial charge in [-0.05, 0) is 24.6 Å². The van der Waals surface area contributed by atoms with Gasteiger partial charge in [0.15, 0.2) is 6.33 Å². The average molecular weight is 284 g/mol. The summed E-state index contributed by atoms with van der Waals surface area (Å²) < 4.78 is 4.87. The van der Waals surface area contributed by atoms with Crippen LogP contribution in [0.1, 0.15) is 27.4 Å². The number of nitrogens with one attached hydrogen (secondary N) is 1. The normalized spacial score (nSPS) is 9.81. The largest absolute Gasteiger partial charge is 0.352 e. The number of rotatable bonds is 4. The lowest BCUT2D eigenvalue weighted by Gasteiger charge is -2.07. The molecular formula is C15H16N4O2. The van der Waals surface area contributed by atoms with E-state index in [9.17, 15) is 4.79 Å². The van der Waals surface area contributed by atoms with E-state index in [1.165, 1.54) is 6.33 Å². The second-order valence-corrected chi connectivity index (χ2v) is 4.38. The molecule has 108 valence electrons. The zero-order valence-corrected chi connectivity index (χ0v) is 11.7. The number of carbonyl (C=O) groups is 1. The van der Waals surface area contributed by atoms with Crippen molar-refractivity contribution in [1.82, 2.24) is 15.5 Å². The van der Waals surface area contributed by atoms with Crippen LogP contribution in [0.15, 0.2) is 29.0 Å². The maximum absolute atomic E-state index is 12.2. The third kappa shape index (κ3) is 4.16. The first-order valence-electron chi connectivity index (χ1n) is 6.54. The van der Waals surface area contributed by atoms with Gasteiger partial charge in [-0.2, -0.15) is 4.98 Å². The summed E-state index contributed by atoms with van der Waals surface area (Å²) in [5, 5.41) is 6.33. The Hall–Kier alpha value is -2.65. The van der Waals surface area contributed by atoms with Gasteiger partial charge >= 0.3 is 0 Å². The van der Waals surface area contributed by atoms with E-state index >= 15 is 0 Å². The van der Waals surface area contributed by atoms with Gasteiger partial charge in [-0.25, -0.2) is 0 Å². The predicted molar refractivity (Wildman–Crippen MR) is 77.4 cm³/mol. The molecule has 0 aliphatic rings. The summed E-state index contributed by atoms with van der Waals surface area (Å²) in [7, 11) is 0. The summed E-state index contributed by atoms with van der Waals surface area (Å²) in [6.45, 7) is 2.60. The number of aromatic nitrogens is 2. The molecule has 1 heterocycles. The van der Waals surface area contributed by atoms with Crippen LogP contribution < -0.4 is 11.1 Å². The Bertz CT molecular complexity index is 669. The molecule has 0 aliphatic heterocycles. The molecule has 0 unspecified atom stereocenters. The number of hydrogen-bond acceptors (Lipinski definition) is 5. The zero-order valence-electron chi connectivity index (χ0n) is 11.7. The second-order valence-electron chi connectivity index (χ2n) is 4.38. The van der Waals surface area contributed by atoms with Gasteiger partial charge in [-0.1, -0.05) is 23.1 Å². The highest BCUT2D eigenvalue weighted by Gasteiger charge is 2.09. The van der Waals surface area contributed by atoms with Crippen LogP contribution >= 0.6 is 0 Å². The first-order chi connectivity index (χ1) is 10.2. The highest BCUT2D eigenvalue weighted by molar-refractivity contribution is 5.96. The Morgan fingerprint density at radius 2 is 2.33 bits per heavy atom. The zero-order chi connectivity index (χ0) is 15.1. The van der Waals surface area contributed by atoms with Crippen molar-refractivity contribution < 1.29 is 9.32 Å². The Morgan fingerprint density at radius 3 is 3.05 bits per heavy atom. The van der Waals surface area contributed by atoms with Gasteiger partial charge in [0.25, 0.3) is 5.91 Å². The van der Waals surface area contributed by atoms with Crippen molar-refractivity contribution in [2.75, 3.05) is 13.1 Å². The number of aryl methyl sites for hydroxylation is 1. The molecule has 0 bridgehead atoms. The monoisotopic (exact) mass is 284 g/mol. The third-order valence-electron chi connectivity index (χ3n) is 2.85. The fraction of sp³-hybridized carbons (Fsp3) is 0.267. The first-order valence-corrected chi connectivity index (χ1v) is 6.54. The maximum atomic E-state index is 12.2. The molecule has 0 saturated heterocycles. The van der Waals surface area contributed by atoms with Crippen molar-refractivity contribution in [3.05, 3.63) is 47.1 Å². The summed E-state index contributed by atoms with van der Waals surface area (Å²) in [5.41, 5.74) is 7.61. The Balaban J connectivity index is 2.00. The van der Waals surface area contributed by atoms with Gasteiger partial charge in [0.05, 0.1) is 6.54 Å². The predicted octanol–water partition coefficient (Wildman–Crippen LogP) is 0.661. The fourth-order valence-electron chi connectivity index (χ4n) is 1.78. The van der Waals surface area contributed by atoms with Crippen LogP contribution in [0.25, 0.3) is 0 Å². The minimum atomic E-state index is -0.150. The van der Waals surface area contributed by atoms with E-state index < -0.39 is 0 Å². The van der Waals surface area contributed by atoms with Crippen LogP contribution in [0.4, 0.5) is 0 Å². The smallest absolute Gasteiger partial charge is 0.251 e. The van der Waals surface area contributed by atoms with Crippen molar-refractivity contribution in [2.24, 2.45) is 5.73 Å². The number of amides is 1. The van der Waals surface area contributed by atoms with Gasteiger partial charge in [-0.15, -0.1) is 0 Å². The van der Waals surface area contributed by atoms with E-state index in [0.717, 1.165) is 11.1 Å². The lowest BCUT2D eigenvalue weighted by Crippen LogP contribution is -2.26. The molecule has 3 N–H and O–H groups in total. The quantitative estimate of drug-likeness (QED) is 0.804. The van der Waals surface area contributed by atoms with Crippen LogP contribution in [-0.4, -0.2) is 29.1 Å². The average Bonchev–Trinajstić information content (AvgIpc) is 2.99. The number of benzene rings is 1. The lowest BCUT2D eigenvalue weighted by atomic mass is 10.0. The summed E-state index contributed by atoms with van der Waals surface area (Å²) in [5.74, 6) is 6.03. The summed E-state index contributed by atoms with van der Waals surface area (Å²) >= 11 is 0. The van der Waals surface area contributed by atoms with Crippen molar-refractivity contribution in [1.29, 1.82) is 0 Å². The number of hydrogen-bond donors (Lipinski definition) is 2. The second kappa shape index (κ2) is 7.22. The molecule has 2 aromatic rings. The van der Waals surface area contributed by atoms with Crippen LogP contribution in [0.2, 0.25) is 0 Å². The van der Waals surface area contributed by atoms with E-state index in [-0.39, 0.29) is 5.91 Å². The van der Waals surface area contributed by atoms with Crippen LogP contribution in [-0.2, 0) is 6.42 Å². The fourth-order valence-corrected chi connectivity index (χ4v) is 1.78. The van der Waals surface area contributed by atoms with Gasteiger partial charge in [0, 0.05) is 24.1 Å². The molecule has 0 spiro atoms. The van der Waals surface area contributed by atoms with Gasteiger partial charge < -0.3 is 15.6 Å². The molecule has 1 amide bonds. The number of nitrogens with two attached hydrogens (primary N) is 1. The summed E-state index contributed by atoms with van der Waals surface area (Å²) in [6.07, 6.45) is 1.83. The topological polar surface area (TPSA) is 94.0 Å². The molecule has 21 heavy (non-hydrogen) atoms. The standard InChI is InChI=1S/C15H16N4O2/c1-11-4-5-12(3-2-7-16)9-13(11)15(20)17-8-6-14-18-10-19-21-14/h4-5,9-10H,6-8,16H2,1H3,(H,17,20). The maximum Gasteiger partial charge on any atom is 0.251 e. The first kappa shape index (κ1) is 14.8. The molecule has 2 rings (SSSR count). The lowest BCUT2D eigenvalue weighted by molar-refractivity contribution is 0.0953. The minimum Gasteiger partial charge on any atom is -0.352 e. The number of nitrogens with zero attached hydrogens (tertiary/aromatic N) is 2. The highest BCUT2D eigenvalue weighted by Crippen LogP contribution is 2.10. The molecule has 0 aliphatic carbocycles. The van der Waals surface area contributed by atoms with E-state index in [4.69, 9.17) is 10.3 Å². The molecule has 0 fully saturated rings. The molecule has 1 aromatic heterocycles. The SMILES string of the molecule is Cc1ccc(C#CCN)cc1C(=O)NCCc1ncno1. The Labute approximate surface area is 122 Å². The minimum absolute atomic E-state index is 0.150. The molecule has 6 heteroatoms. The van der Waals surface area contributed by atoms with E-state index in [1.54, 1.807) is 6.07 Å². The third-order valence-corrected chi connectivity index (χ3v) is 2.85. The van der Waals surface area contributed by atoms with Crippen molar-refractivity contribution in [2.45, 2.75) is 13.3 Å². The molecule has 0 atom stereocenters. The molecule has 0 saturated carbocycles. The van der Waals surface area contributed by atoms with Crippen molar-refractivity contribution in [3.63, 3.8) is 0 Å². The van der Waals surface area contributed by atoms with Gasteiger partial charge in [0.1, 0.15) is 0 Å². The molecule has 6 nitrogen and oxygen atoms in total. The highest BCUT2D eigenvalue weighted by atomic mass is 16.5. The summed E-state index contributed by atoms with van der Waals surface area (Å²) in [4.78, 5) is 16.1. The van der Waals surface area contributed by atoms with E-state index in [2.05, 4.69) is 27.3 Å².